The van der Waals surface area contributed by atoms with Crippen LogP contribution < -0.4 is 5.32 Å². The molecule has 1 N–H and O–H groups in total. The van der Waals surface area contributed by atoms with Crippen molar-refractivity contribution in [3.63, 3.8) is 0 Å². The van der Waals surface area contributed by atoms with Crippen LogP contribution in [0.1, 0.15) is 37.7 Å². The molecule has 2 aromatic rings. The molecule has 0 unspecified atom stereocenters. The summed E-state index contributed by atoms with van der Waals surface area (Å²) in [6, 6.07) is 4.01. The Labute approximate surface area is 186 Å². The molecule has 7 nitrogen and oxygen atoms in total. The molecule has 32 heavy (non-hydrogen) atoms. The van der Waals surface area contributed by atoms with Gasteiger partial charge in [-0.25, -0.2) is 8.78 Å². The molecule has 1 aromatic heterocycles. The lowest BCUT2D eigenvalue weighted by Gasteiger charge is -2.41. The fourth-order valence-electron chi connectivity index (χ4n) is 4.03. The van der Waals surface area contributed by atoms with E-state index in [1.807, 2.05) is 0 Å². The van der Waals surface area contributed by atoms with E-state index in [-0.39, 0.29) is 34.4 Å². The zero-order valence-electron chi connectivity index (χ0n) is 19.1. The second kappa shape index (κ2) is 9.36. The lowest BCUT2D eigenvalue weighted by Crippen LogP contribution is -2.56. The van der Waals surface area contributed by atoms with Gasteiger partial charge in [-0.1, -0.05) is 25.9 Å². The predicted molar refractivity (Wildman–Crippen MR) is 116 cm³/mol. The minimum Gasteiger partial charge on any atom is -0.355 e. The maximum Gasteiger partial charge on any atom is 0.273 e. The van der Waals surface area contributed by atoms with Crippen LogP contribution >= 0.6 is 0 Å². The van der Waals surface area contributed by atoms with Gasteiger partial charge < -0.3 is 19.6 Å². The zero-order chi connectivity index (χ0) is 23.6. The van der Waals surface area contributed by atoms with E-state index in [0.29, 0.717) is 13.0 Å². The molecule has 1 fully saturated rings. The number of piperidine rings is 1. The van der Waals surface area contributed by atoms with Crippen LogP contribution in [-0.2, 0) is 4.79 Å². The molecule has 0 bridgehead atoms. The molecule has 1 aromatic carbocycles. The van der Waals surface area contributed by atoms with Crippen LogP contribution in [0.5, 0.6) is 0 Å². The molecule has 9 heteroatoms. The number of carbonyl (C=O) groups excluding carboxylic acids is 2. The molecule has 2 amide bonds. The Bertz CT molecular complexity index is 984. The van der Waals surface area contributed by atoms with Gasteiger partial charge in [-0.3, -0.25) is 9.59 Å². The molecule has 0 spiro atoms. The van der Waals surface area contributed by atoms with E-state index in [0.717, 1.165) is 25.2 Å². The quantitative estimate of drug-likeness (QED) is 0.760. The summed E-state index contributed by atoms with van der Waals surface area (Å²) in [6.45, 7) is 8.59. The first-order chi connectivity index (χ1) is 14.9. The number of carbonyl (C=O) groups is 2. The minimum atomic E-state index is -0.809. The number of nitrogens with zero attached hydrogens (tertiary/aromatic N) is 3. The van der Waals surface area contributed by atoms with E-state index < -0.39 is 23.5 Å². The van der Waals surface area contributed by atoms with Gasteiger partial charge in [0.05, 0.1) is 11.5 Å². The third-order valence-electron chi connectivity index (χ3n) is 5.41. The van der Waals surface area contributed by atoms with E-state index >= 15 is 0 Å². The van der Waals surface area contributed by atoms with Crippen molar-refractivity contribution in [2.45, 2.75) is 33.2 Å². The molecule has 0 radical (unpaired) electrons. The van der Waals surface area contributed by atoms with Crippen molar-refractivity contribution in [1.82, 2.24) is 20.3 Å². The Kier molecular flexibility index (Phi) is 6.97. The molecule has 174 valence electrons. The zero-order valence-corrected chi connectivity index (χ0v) is 19.1. The van der Waals surface area contributed by atoms with Gasteiger partial charge in [0.15, 0.2) is 11.5 Å². The normalized spacial score (nSPS) is 19.6. The second-order valence-corrected chi connectivity index (χ2v) is 9.70. The summed E-state index contributed by atoms with van der Waals surface area (Å²) in [5.41, 5.74) is 0.0696. The lowest BCUT2D eigenvalue weighted by atomic mass is 9.88. The molecule has 0 saturated carbocycles. The lowest BCUT2D eigenvalue weighted by molar-refractivity contribution is -0.135. The van der Waals surface area contributed by atoms with Gasteiger partial charge in [0, 0.05) is 51.9 Å². The molecule has 1 aliphatic rings. The Morgan fingerprint density at radius 3 is 2.59 bits per heavy atom. The first kappa shape index (κ1) is 23.8. The Morgan fingerprint density at radius 2 is 1.97 bits per heavy atom. The summed E-state index contributed by atoms with van der Waals surface area (Å²) < 4.78 is 32.3. The van der Waals surface area contributed by atoms with Gasteiger partial charge in [0.1, 0.15) is 11.6 Å². The summed E-state index contributed by atoms with van der Waals surface area (Å²) in [4.78, 5) is 29.4. The van der Waals surface area contributed by atoms with Gasteiger partial charge >= 0.3 is 0 Å². The van der Waals surface area contributed by atoms with Crippen LogP contribution in [0.2, 0.25) is 0 Å². The summed E-state index contributed by atoms with van der Waals surface area (Å²) in [7, 11) is 3.40. The van der Waals surface area contributed by atoms with Crippen molar-refractivity contribution in [3.05, 3.63) is 41.6 Å². The van der Waals surface area contributed by atoms with Crippen LogP contribution in [0.4, 0.5) is 8.78 Å². The highest BCUT2D eigenvalue weighted by atomic mass is 19.1. The maximum atomic E-state index is 14.0. The Morgan fingerprint density at radius 1 is 1.25 bits per heavy atom. The SMILES string of the molecule is CN(C)C(=O)[C@@H]1CN(CC(C)(C)C)CC[C@H]1NC(=O)c1cc(-c2ccc(F)cc2F)on1. The first-order valence-electron chi connectivity index (χ1n) is 10.6. The van der Waals surface area contributed by atoms with Crippen molar-refractivity contribution in [1.29, 1.82) is 0 Å². The van der Waals surface area contributed by atoms with Gasteiger partial charge in [-0.2, -0.15) is 0 Å². The number of halogens is 2. The highest BCUT2D eigenvalue weighted by Gasteiger charge is 2.37. The van der Waals surface area contributed by atoms with Crippen LogP contribution in [0.15, 0.2) is 28.8 Å². The Balaban J connectivity index is 1.74. The van der Waals surface area contributed by atoms with Crippen LogP contribution in [-0.4, -0.2) is 66.5 Å². The maximum absolute atomic E-state index is 14.0. The molecule has 1 saturated heterocycles. The van der Waals surface area contributed by atoms with E-state index in [2.05, 4.69) is 36.1 Å². The molecule has 2 heterocycles. The number of benzene rings is 1. The number of hydrogen-bond acceptors (Lipinski definition) is 5. The summed E-state index contributed by atoms with van der Waals surface area (Å²) in [6.07, 6.45) is 0.614. The van der Waals surface area contributed by atoms with Crippen molar-refractivity contribution >= 4 is 11.8 Å². The van der Waals surface area contributed by atoms with E-state index in [4.69, 9.17) is 4.52 Å². The monoisotopic (exact) mass is 448 g/mol. The van der Waals surface area contributed by atoms with Crippen molar-refractivity contribution in [2.75, 3.05) is 33.7 Å². The molecule has 1 aliphatic heterocycles. The molecular weight excluding hydrogens is 418 g/mol. The highest BCUT2D eigenvalue weighted by Crippen LogP contribution is 2.26. The molecular formula is C23H30F2N4O3. The number of hydrogen-bond donors (Lipinski definition) is 1. The topological polar surface area (TPSA) is 78.7 Å². The highest BCUT2D eigenvalue weighted by molar-refractivity contribution is 5.94. The summed E-state index contributed by atoms with van der Waals surface area (Å²) in [5.74, 6) is -2.45. The van der Waals surface area contributed by atoms with E-state index in [1.165, 1.54) is 17.0 Å². The summed E-state index contributed by atoms with van der Waals surface area (Å²) >= 11 is 0. The standard InChI is InChI=1S/C23H30F2N4O3/c1-23(2,3)13-29-9-8-18(16(12-29)22(31)28(4)5)26-21(30)19-11-20(32-27-19)15-7-6-14(24)10-17(15)25/h6-7,10-11,16,18H,8-9,12-13H2,1-5H3,(H,26,30)/t16-,18-/m1/s1. The number of amides is 2. The second-order valence-electron chi connectivity index (χ2n) is 9.70. The third-order valence-corrected chi connectivity index (χ3v) is 5.41. The van der Waals surface area contributed by atoms with E-state index in [9.17, 15) is 18.4 Å². The predicted octanol–water partition coefficient (Wildman–Crippen LogP) is 3.17. The molecule has 3 rings (SSSR count). The summed E-state index contributed by atoms with van der Waals surface area (Å²) in [5, 5.41) is 6.64. The van der Waals surface area contributed by atoms with Gasteiger partial charge in [0.2, 0.25) is 5.91 Å². The van der Waals surface area contributed by atoms with Gasteiger partial charge in [0.25, 0.3) is 5.91 Å². The van der Waals surface area contributed by atoms with Crippen molar-refractivity contribution in [3.8, 4) is 11.3 Å². The van der Waals surface area contributed by atoms with E-state index in [1.54, 1.807) is 14.1 Å². The molecule has 2 atom stereocenters. The van der Waals surface area contributed by atoms with Gasteiger partial charge in [-0.05, 0) is 24.0 Å². The smallest absolute Gasteiger partial charge is 0.273 e. The number of aromatic nitrogens is 1. The third kappa shape index (κ3) is 5.70. The molecule has 0 aliphatic carbocycles. The largest absolute Gasteiger partial charge is 0.355 e. The fraction of sp³-hybridized carbons (Fsp3) is 0.522. The van der Waals surface area contributed by atoms with Crippen molar-refractivity contribution < 1.29 is 22.9 Å². The minimum absolute atomic E-state index is 0.00843. The number of likely N-dealkylation sites (tertiary alicyclic amines) is 1. The van der Waals surface area contributed by atoms with Crippen molar-refractivity contribution in [2.24, 2.45) is 11.3 Å². The average molecular weight is 449 g/mol. The van der Waals surface area contributed by atoms with Crippen LogP contribution in [0.3, 0.4) is 0 Å². The first-order valence-corrected chi connectivity index (χ1v) is 10.6. The number of rotatable bonds is 5. The number of nitrogens with one attached hydrogen (secondary N) is 1. The Hall–Kier alpha value is -2.81. The fourth-order valence-corrected chi connectivity index (χ4v) is 4.03. The van der Waals surface area contributed by atoms with Gasteiger partial charge in [-0.15, -0.1) is 0 Å². The van der Waals surface area contributed by atoms with Crippen LogP contribution in [0, 0.1) is 23.0 Å². The average Bonchev–Trinajstić information content (AvgIpc) is 3.17. The van der Waals surface area contributed by atoms with Crippen LogP contribution in [0.25, 0.3) is 11.3 Å².